The van der Waals surface area contributed by atoms with Crippen LogP contribution in [0.25, 0.3) is 17.1 Å². The van der Waals surface area contributed by atoms with E-state index in [1.54, 1.807) is 30.4 Å². The van der Waals surface area contributed by atoms with Crippen molar-refractivity contribution in [2.24, 2.45) is 0 Å². The van der Waals surface area contributed by atoms with Crippen LogP contribution in [0.2, 0.25) is 0 Å². The van der Waals surface area contributed by atoms with Crippen molar-refractivity contribution in [3.05, 3.63) is 78.7 Å². The molecule has 0 radical (unpaired) electrons. The van der Waals surface area contributed by atoms with E-state index < -0.39 is 0 Å². The van der Waals surface area contributed by atoms with Crippen LogP contribution in [0.15, 0.2) is 71.7 Å². The fraction of sp³-hybridized carbons (Fsp3) is 0.182. The summed E-state index contributed by atoms with van der Waals surface area (Å²) in [7, 11) is 1.62. The highest BCUT2D eigenvalue weighted by atomic mass is 16.5. The van der Waals surface area contributed by atoms with Crippen molar-refractivity contribution in [2.45, 2.75) is 19.4 Å². The highest BCUT2D eigenvalue weighted by Gasteiger charge is 2.11. The van der Waals surface area contributed by atoms with Gasteiger partial charge in [-0.2, -0.15) is 5.10 Å². The first-order chi connectivity index (χ1) is 14.7. The lowest BCUT2D eigenvalue weighted by Crippen LogP contribution is -2.24. The first-order valence-corrected chi connectivity index (χ1v) is 9.52. The summed E-state index contributed by atoms with van der Waals surface area (Å²) >= 11 is 0. The number of aromatic nitrogens is 4. The highest BCUT2D eigenvalue weighted by molar-refractivity contribution is 5.76. The predicted octanol–water partition coefficient (Wildman–Crippen LogP) is 3.18. The van der Waals surface area contributed by atoms with Crippen molar-refractivity contribution in [1.29, 1.82) is 0 Å². The number of hydrogen-bond acceptors (Lipinski definition) is 6. The Morgan fingerprint density at radius 3 is 2.77 bits per heavy atom. The summed E-state index contributed by atoms with van der Waals surface area (Å²) in [5.74, 6) is 2.57. The predicted molar refractivity (Wildman–Crippen MR) is 110 cm³/mol. The van der Waals surface area contributed by atoms with E-state index in [1.165, 1.54) is 0 Å². The summed E-state index contributed by atoms with van der Waals surface area (Å²) in [4.78, 5) is 20.9. The second-order valence-electron chi connectivity index (χ2n) is 6.56. The van der Waals surface area contributed by atoms with Gasteiger partial charge in [-0.1, -0.05) is 6.07 Å². The van der Waals surface area contributed by atoms with Gasteiger partial charge in [-0.3, -0.25) is 4.79 Å². The van der Waals surface area contributed by atoms with E-state index in [-0.39, 0.29) is 12.3 Å². The molecule has 0 saturated heterocycles. The molecule has 8 heteroatoms. The molecule has 0 aliphatic heterocycles. The number of oxazole rings is 1. The number of carbonyl (C=O) groups is 1. The van der Waals surface area contributed by atoms with Gasteiger partial charge in [-0.05, 0) is 36.4 Å². The van der Waals surface area contributed by atoms with Crippen molar-refractivity contribution in [1.82, 2.24) is 25.1 Å². The average Bonchev–Trinajstić information content (AvgIpc) is 3.49. The molecule has 0 aliphatic carbocycles. The lowest BCUT2D eigenvalue weighted by atomic mass is 10.2. The minimum atomic E-state index is -0.0885. The molecule has 4 aromatic rings. The van der Waals surface area contributed by atoms with Crippen LogP contribution in [0.5, 0.6) is 5.75 Å². The van der Waals surface area contributed by atoms with Crippen molar-refractivity contribution in [3.63, 3.8) is 0 Å². The highest BCUT2D eigenvalue weighted by Crippen LogP contribution is 2.23. The van der Waals surface area contributed by atoms with Gasteiger partial charge in [-0.25, -0.2) is 14.6 Å². The zero-order chi connectivity index (χ0) is 20.8. The summed E-state index contributed by atoms with van der Waals surface area (Å²) in [6, 6.07) is 13.1. The maximum absolute atomic E-state index is 12.3. The maximum Gasteiger partial charge on any atom is 0.220 e. The molecular formula is C22H21N5O3. The second-order valence-corrected chi connectivity index (χ2v) is 6.56. The molecule has 0 unspecified atom stereocenters. The number of nitrogens with zero attached hydrogens (tertiary/aromatic N) is 4. The fourth-order valence-corrected chi connectivity index (χ4v) is 2.99. The smallest absolute Gasteiger partial charge is 0.220 e. The molecule has 1 aromatic carbocycles. The zero-order valence-corrected chi connectivity index (χ0v) is 16.5. The molecular weight excluding hydrogens is 382 g/mol. The number of nitrogens with one attached hydrogen (secondary N) is 1. The van der Waals surface area contributed by atoms with Gasteiger partial charge in [0.2, 0.25) is 5.91 Å². The number of amides is 1. The number of carbonyl (C=O) groups excluding carboxylic acids is 1. The Balaban J connectivity index is 1.31. The van der Waals surface area contributed by atoms with Crippen LogP contribution in [-0.4, -0.2) is 32.8 Å². The Morgan fingerprint density at radius 1 is 1.13 bits per heavy atom. The largest absolute Gasteiger partial charge is 0.497 e. The number of pyridine rings is 1. The molecule has 1 amide bonds. The number of benzene rings is 1. The van der Waals surface area contributed by atoms with Crippen LogP contribution in [0.4, 0.5) is 0 Å². The molecule has 3 aromatic heterocycles. The Labute approximate surface area is 173 Å². The van der Waals surface area contributed by atoms with Crippen LogP contribution in [0, 0.1) is 0 Å². The Bertz CT molecular complexity index is 1100. The number of aryl methyl sites for hydroxylation is 1. The van der Waals surface area contributed by atoms with Crippen LogP contribution >= 0.6 is 0 Å². The third-order valence-electron chi connectivity index (χ3n) is 4.56. The van der Waals surface area contributed by atoms with Gasteiger partial charge in [-0.15, -0.1) is 0 Å². The van der Waals surface area contributed by atoms with E-state index in [9.17, 15) is 4.79 Å². The molecule has 4 rings (SSSR count). The molecule has 1 N–H and O–H groups in total. The summed E-state index contributed by atoms with van der Waals surface area (Å²) in [5.41, 5.74) is 1.79. The van der Waals surface area contributed by atoms with Gasteiger partial charge >= 0.3 is 0 Å². The topological polar surface area (TPSA) is 95.1 Å². The van der Waals surface area contributed by atoms with E-state index in [4.69, 9.17) is 9.15 Å². The Hall–Kier alpha value is -3.94. The first-order valence-electron chi connectivity index (χ1n) is 9.52. The molecule has 0 saturated carbocycles. The van der Waals surface area contributed by atoms with Gasteiger partial charge in [0.05, 0.1) is 13.3 Å². The normalized spacial score (nSPS) is 10.7. The zero-order valence-electron chi connectivity index (χ0n) is 16.5. The van der Waals surface area contributed by atoms with E-state index >= 15 is 0 Å². The van der Waals surface area contributed by atoms with E-state index in [0.717, 1.165) is 16.9 Å². The molecule has 152 valence electrons. The molecule has 30 heavy (non-hydrogen) atoms. The van der Waals surface area contributed by atoms with Crippen molar-refractivity contribution >= 4 is 5.91 Å². The summed E-state index contributed by atoms with van der Waals surface area (Å²) < 4.78 is 12.6. The van der Waals surface area contributed by atoms with Gasteiger partial charge in [0.25, 0.3) is 0 Å². The maximum atomic E-state index is 12.3. The number of ether oxygens (including phenoxy) is 1. The van der Waals surface area contributed by atoms with Crippen molar-refractivity contribution < 1.29 is 13.9 Å². The third kappa shape index (κ3) is 4.54. The van der Waals surface area contributed by atoms with E-state index in [0.29, 0.717) is 30.4 Å². The molecule has 0 aliphatic rings. The standard InChI is InChI=1S/C22H21N5O3/c1-29-18-7-5-16(6-8-18)19-15-25-21(30-19)10-9-20(28)24-14-17-4-2-11-23-22(17)27-13-3-12-26-27/h2-8,11-13,15H,9-10,14H2,1H3,(H,24,28). The lowest BCUT2D eigenvalue weighted by Gasteiger charge is -2.09. The van der Waals surface area contributed by atoms with Crippen LogP contribution in [0.1, 0.15) is 17.9 Å². The molecule has 3 heterocycles. The van der Waals surface area contributed by atoms with Crippen LogP contribution in [-0.2, 0) is 17.8 Å². The molecule has 0 fully saturated rings. The summed E-state index contributed by atoms with van der Waals surface area (Å²) in [6.45, 7) is 0.366. The summed E-state index contributed by atoms with van der Waals surface area (Å²) in [6.07, 6.45) is 7.57. The van der Waals surface area contributed by atoms with Crippen LogP contribution < -0.4 is 10.1 Å². The molecule has 0 spiro atoms. The Morgan fingerprint density at radius 2 is 2.00 bits per heavy atom. The number of methoxy groups -OCH3 is 1. The van der Waals surface area contributed by atoms with Crippen molar-refractivity contribution in [2.75, 3.05) is 7.11 Å². The van der Waals surface area contributed by atoms with Gasteiger partial charge in [0.15, 0.2) is 17.5 Å². The van der Waals surface area contributed by atoms with E-state index in [1.807, 2.05) is 48.7 Å². The second kappa shape index (κ2) is 9.04. The lowest BCUT2D eigenvalue weighted by molar-refractivity contribution is -0.121. The summed E-state index contributed by atoms with van der Waals surface area (Å²) in [5, 5.41) is 7.12. The monoisotopic (exact) mass is 403 g/mol. The Kier molecular flexibility index (Phi) is 5.84. The fourth-order valence-electron chi connectivity index (χ4n) is 2.99. The average molecular weight is 403 g/mol. The van der Waals surface area contributed by atoms with Crippen molar-refractivity contribution in [3.8, 4) is 22.9 Å². The number of hydrogen-bond donors (Lipinski definition) is 1. The van der Waals surface area contributed by atoms with Gasteiger partial charge < -0.3 is 14.5 Å². The van der Waals surface area contributed by atoms with Crippen LogP contribution in [0.3, 0.4) is 0 Å². The quantitative estimate of drug-likeness (QED) is 0.486. The van der Waals surface area contributed by atoms with Gasteiger partial charge in [0.1, 0.15) is 5.75 Å². The SMILES string of the molecule is COc1ccc(-c2cnc(CCC(=O)NCc3cccnc3-n3cccn3)o2)cc1. The molecule has 0 bridgehead atoms. The van der Waals surface area contributed by atoms with Gasteiger partial charge in [0, 0.05) is 49.1 Å². The molecule has 8 nitrogen and oxygen atoms in total. The minimum Gasteiger partial charge on any atom is -0.497 e. The minimum absolute atomic E-state index is 0.0885. The first kappa shape index (κ1) is 19.4. The van der Waals surface area contributed by atoms with E-state index in [2.05, 4.69) is 20.4 Å². The third-order valence-corrected chi connectivity index (χ3v) is 4.56. The molecule has 0 atom stereocenters. The number of rotatable bonds is 8.